The average molecular weight is 264 g/mol. The van der Waals surface area contributed by atoms with E-state index in [4.69, 9.17) is 5.26 Å². The molecule has 0 fully saturated rings. The van der Waals surface area contributed by atoms with Gasteiger partial charge in [-0.05, 0) is 24.3 Å². The number of nitriles is 1. The Hall–Kier alpha value is -2.93. The normalized spacial score (nSPS) is 9.55. The van der Waals surface area contributed by atoms with Crippen LogP contribution in [-0.2, 0) is 0 Å². The number of nitrogens with zero attached hydrogens (tertiary/aromatic N) is 1. The number of Topliss-reactive ketones (excluding diaryl/α,β-unsaturated/α-hetero) is 1. The molecule has 1 N–H and O–H groups in total. The highest BCUT2D eigenvalue weighted by molar-refractivity contribution is 6.02. The molecule has 0 bridgehead atoms. The summed E-state index contributed by atoms with van der Waals surface area (Å²) in [5, 5.41) is 11.2. The van der Waals surface area contributed by atoms with Gasteiger partial charge in [-0.3, -0.25) is 9.59 Å². The van der Waals surface area contributed by atoms with E-state index in [0.29, 0.717) is 16.7 Å². The van der Waals surface area contributed by atoms with Crippen LogP contribution in [0.2, 0.25) is 0 Å². The van der Waals surface area contributed by atoms with Crippen molar-refractivity contribution >= 4 is 11.7 Å². The molecule has 98 valence electrons. The van der Waals surface area contributed by atoms with Crippen molar-refractivity contribution in [3.8, 4) is 6.07 Å². The molecule has 0 aromatic heterocycles. The maximum absolute atomic E-state index is 11.8. The fourth-order valence-electron chi connectivity index (χ4n) is 1.68. The van der Waals surface area contributed by atoms with Gasteiger partial charge in [-0.1, -0.05) is 30.3 Å². The summed E-state index contributed by atoms with van der Waals surface area (Å²) in [6.45, 7) is -0.0527. The van der Waals surface area contributed by atoms with Crippen molar-refractivity contribution in [1.82, 2.24) is 5.32 Å². The van der Waals surface area contributed by atoms with Crippen LogP contribution in [-0.4, -0.2) is 18.2 Å². The van der Waals surface area contributed by atoms with Gasteiger partial charge in [0, 0.05) is 11.1 Å². The second-order valence-corrected chi connectivity index (χ2v) is 4.16. The number of benzene rings is 2. The zero-order valence-corrected chi connectivity index (χ0v) is 10.7. The van der Waals surface area contributed by atoms with E-state index < -0.39 is 0 Å². The molecule has 2 rings (SSSR count). The minimum atomic E-state index is -0.334. The molecule has 0 aliphatic carbocycles. The summed E-state index contributed by atoms with van der Waals surface area (Å²) < 4.78 is 0. The Morgan fingerprint density at radius 3 is 2.20 bits per heavy atom. The van der Waals surface area contributed by atoms with Crippen LogP contribution < -0.4 is 5.32 Å². The Morgan fingerprint density at radius 2 is 1.60 bits per heavy atom. The molecule has 20 heavy (non-hydrogen) atoms. The summed E-state index contributed by atoms with van der Waals surface area (Å²) in [4.78, 5) is 23.7. The summed E-state index contributed by atoms with van der Waals surface area (Å²) in [7, 11) is 0. The van der Waals surface area contributed by atoms with Gasteiger partial charge in [0.05, 0.1) is 18.2 Å². The monoisotopic (exact) mass is 264 g/mol. The van der Waals surface area contributed by atoms with Gasteiger partial charge in [0.15, 0.2) is 5.78 Å². The van der Waals surface area contributed by atoms with Crippen molar-refractivity contribution in [2.75, 3.05) is 6.54 Å². The Labute approximate surface area is 116 Å². The first-order valence-corrected chi connectivity index (χ1v) is 6.07. The van der Waals surface area contributed by atoms with E-state index in [0.717, 1.165) is 0 Å². The van der Waals surface area contributed by atoms with Gasteiger partial charge in [0.2, 0.25) is 0 Å². The Balaban J connectivity index is 1.95. The SMILES string of the molecule is N#Cc1ccc(C(=O)NCC(=O)c2ccccc2)cc1. The number of hydrogen-bond donors (Lipinski definition) is 1. The van der Waals surface area contributed by atoms with Crippen LogP contribution in [0.25, 0.3) is 0 Å². The standard InChI is InChI=1S/C16H12N2O2/c17-10-12-6-8-14(9-7-12)16(20)18-11-15(19)13-4-2-1-3-5-13/h1-9H,11H2,(H,18,20). The van der Waals surface area contributed by atoms with Crippen molar-refractivity contribution in [3.63, 3.8) is 0 Å². The zero-order chi connectivity index (χ0) is 14.4. The van der Waals surface area contributed by atoms with Crippen LogP contribution in [0.3, 0.4) is 0 Å². The largest absolute Gasteiger partial charge is 0.345 e. The van der Waals surface area contributed by atoms with Gasteiger partial charge in [0.1, 0.15) is 0 Å². The fourth-order valence-corrected chi connectivity index (χ4v) is 1.68. The zero-order valence-electron chi connectivity index (χ0n) is 10.7. The molecule has 1 amide bonds. The molecule has 0 unspecified atom stereocenters. The summed E-state index contributed by atoms with van der Waals surface area (Å²) in [6.07, 6.45) is 0. The molecule has 0 atom stereocenters. The lowest BCUT2D eigenvalue weighted by Gasteiger charge is -2.04. The van der Waals surface area contributed by atoms with Gasteiger partial charge in [-0.25, -0.2) is 0 Å². The first-order valence-electron chi connectivity index (χ1n) is 6.07. The minimum absolute atomic E-state index is 0.0527. The molecular formula is C16H12N2O2. The van der Waals surface area contributed by atoms with E-state index in [-0.39, 0.29) is 18.2 Å². The molecule has 2 aromatic carbocycles. The number of rotatable bonds is 4. The third-order valence-corrected chi connectivity index (χ3v) is 2.78. The predicted molar refractivity (Wildman–Crippen MR) is 74.3 cm³/mol. The Morgan fingerprint density at radius 1 is 0.950 bits per heavy atom. The molecule has 0 aliphatic rings. The van der Waals surface area contributed by atoms with E-state index in [1.807, 2.05) is 12.1 Å². The topological polar surface area (TPSA) is 70.0 Å². The average Bonchev–Trinajstić information content (AvgIpc) is 2.53. The number of carbonyl (C=O) groups is 2. The highest BCUT2D eigenvalue weighted by Crippen LogP contribution is 2.03. The van der Waals surface area contributed by atoms with Gasteiger partial charge in [0.25, 0.3) is 5.91 Å². The third-order valence-electron chi connectivity index (χ3n) is 2.78. The van der Waals surface area contributed by atoms with Crippen LogP contribution >= 0.6 is 0 Å². The van der Waals surface area contributed by atoms with E-state index in [1.54, 1.807) is 48.5 Å². The predicted octanol–water partition coefficient (Wildman–Crippen LogP) is 2.17. The second-order valence-electron chi connectivity index (χ2n) is 4.16. The lowest BCUT2D eigenvalue weighted by Crippen LogP contribution is -2.29. The molecule has 0 saturated carbocycles. The van der Waals surface area contributed by atoms with Crippen molar-refractivity contribution in [1.29, 1.82) is 5.26 Å². The van der Waals surface area contributed by atoms with E-state index in [9.17, 15) is 9.59 Å². The van der Waals surface area contributed by atoms with Gasteiger partial charge >= 0.3 is 0 Å². The van der Waals surface area contributed by atoms with Crippen molar-refractivity contribution in [2.45, 2.75) is 0 Å². The highest BCUT2D eigenvalue weighted by Gasteiger charge is 2.09. The highest BCUT2D eigenvalue weighted by atomic mass is 16.2. The number of hydrogen-bond acceptors (Lipinski definition) is 3. The summed E-state index contributed by atoms with van der Waals surface area (Å²) in [6, 6.07) is 17.0. The molecule has 0 spiro atoms. The summed E-state index contributed by atoms with van der Waals surface area (Å²) >= 11 is 0. The number of carbonyl (C=O) groups excluding carboxylic acids is 2. The van der Waals surface area contributed by atoms with E-state index in [2.05, 4.69) is 5.32 Å². The molecule has 0 saturated heterocycles. The van der Waals surface area contributed by atoms with Crippen molar-refractivity contribution in [3.05, 3.63) is 71.3 Å². The van der Waals surface area contributed by atoms with Crippen molar-refractivity contribution < 1.29 is 9.59 Å². The van der Waals surface area contributed by atoms with Gasteiger partial charge in [-0.15, -0.1) is 0 Å². The van der Waals surface area contributed by atoms with Crippen molar-refractivity contribution in [2.24, 2.45) is 0 Å². The lowest BCUT2D eigenvalue weighted by atomic mass is 10.1. The van der Waals surface area contributed by atoms with E-state index in [1.165, 1.54) is 0 Å². The van der Waals surface area contributed by atoms with Crippen LogP contribution in [0, 0.1) is 11.3 Å². The summed E-state index contributed by atoms with van der Waals surface area (Å²) in [5.41, 5.74) is 1.47. The quantitative estimate of drug-likeness (QED) is 0.860. The maximum atomic E-state index is 11.8. The first kappa shape index (κ1) is 13.5. The molecular weight excluding hydrogens is 252 g/mol. The maximum Gasteiger partial charge on any atom is 0.251 e. The Kier molecular flexibility index (Phi) is 4.25. The Bertz CT molecular complexity index is 655. The third kappa shape index (κ3) is 3.30. The molecule has 2 aromatic rings. The molecule has 4 nitrogen and oxygen atoms in total. The van der Waals surface area contributed by atoms with Crippen LogP contribution in [0.1, 0.15) is 26.3 Å². The van der Waals surface area contributed by atoms with Gasteiger partial charge < -0.3 is 5.32 Å². The number of amides is 1. The minimum Gasteiger partial charge on any atom is -0.345 e. The smallest absolute Gasteiger partial charge is 0.251 e. The second kappa shape index (κ2) is 6.30. The molecule has 0 aliphatic heterocycles. The molecule has 0 radical (unpaired) electrons. The molecule has 4 heteroatoms. The number of nitrogens with one attached hydrogen (secondary N) is 1. The lowest BCUT2D eigenvalue weighted by molar-refractivity contribution is 0.0904. The summed E-state index contributed by atoms with van der Waals surface area (Å²) in [5.74, 6) is -0.480. The van der Waals surface area contributed by atoms with Crippen LogP contribution in [0.4, 0.5) is 0 Å². The first-order chi connectivity index (χ1) is 9.70. The molecule has 0 heterocycles. The van der Waals surface area contributed by atoms with Gasteiger partial charge in [-0.2, -0.15) is 5.26 Å². The fraction of sp³-hybridized carbons (Fsp3) is 0.0625. The number of ketones is 1. The van der Waals surface area contributed by atoms with Crippen LogP contribution in [0.5, 0.6) is 0 Å². The van der Waals surface area contributed by atoms with Crippen LogP contribution in [0.15, 0.2) is 54.6 Å². The van der Waals surface area contributed by atoms with E-state index >= 15 is 0 Å².